The minimum atomic E-state index is -0.0905. The predicted molar refractivity (Wildman–Crippen MR) is 84.0 cm³/mol. The zero-order valence-corrected chi connectivity index (χ0v) is 13.0. The molecule has 5 nitrogen and oxygen atoms in total. The van der Waals surface area contributed by atoms with Crippen LogP contribution >= 0.6 is 11.6 Å². The summed E-state index contributed by atoms with van der Waals surface area (Å²) in [6, 6.07) is 6.88. The van der Waals surface area contributed by atoms with Gasteiger partial charge in [0.1, 0.15) is 5.76 Å². The Labute approximate surface area is 132 Å². The zero-order chi connectivity index (χ0) is 15.7. The number of pyridine rings is 2. The molecule has 3 rings (SSSR count). The Hall–Kier alpha value is -2.40. The van der Waals surface area contributed by atoms with Gasteiger partial charge in [0.2, 0.25) is 0 Å². The van der Waals surface area contributed by atoms with E-state index in [1.165, 1.54) is 6.07 Å². The first kappa shape index (κ1) is 14.5. The molecule has 3 aromatic rings. The highest BCUT2D eigenvalue weighted by Gasteiger charge is 2.12. The molecule has 0 aliphatic heterocycles. The van der Waals surface area contributed by atoms with Crippen LogP contribution in [0.3, 0.4) is 0 Å². The third kappa shape index (κ3) is 2.80. The minimum absolute atomic E-state index is 0.0905. The summed E-state index contributed by atoms with van der Waals surface area (Å²) in [5.41, 5.74) is 3.28. The molecule has 3 aromatic heterocycles. The lowest BCUT2D eigenvalue weighted by Gasteiger charge is -2.08. The highest BCUT2D eigenvalue weighted by Crippen LogP contribution is 2.25. The van der Waals surface area contributed by atoms with E-state index >= 15 is 0 Å². The van der Waals surface area contributed by atoms with Gasteiger partial charge in [-0.1, -0.05) is 16.8 Å². The summed E-state index contributed by atoms with van der Waals surface area (Å²) in [4.78, 5) is 16.3. The van der Waals surface area contributed by atoms with Gasteiger partial charge in [0, 0.05) is 29.6 Å². The van der Waals surface area contributed by atoms with E-state index in [-0.39, 0.29) is 5.56 Å². The van der Waals surface area contributed by atoms with E-state index in [1.807, 2.05) is 13.8 Å². The van der Waals surface area contributed by atoms with Crippen LogP contribution in [0.25, 0.3) is 11.1 Å². The molecule has 0 spiro atoms. The van der Waals surface area contributed by atoms with Crippen molar-refractivity contribution in [3.05, 3.63) is 69.2 Å². The largest absolute Gasteiger partial charge is 0.361 e. The van der Waals surface area contributed by atoms with Crippen molar-refractivity contribution in [2.75, 3.05) is 0 Å². The summed E-state index contributed by atoms with van der Waals surface area (Å²) in [6.45, 7) is 4.11. The molecule has 3 heterocycles. The Morgan fingerprint density at radius 1 is 1.23 bits per heavy atom. The summed E-state index contributed by atoms with van der Waals surface area (Å²) in [6.07, 6.45) is 3.37. The number of aromatic nitrogens is 3. The molecule has 22 heavy (non-hydrogen) atoms. The second kappa shape index (κ2) is 5.77. The summed E-state index contributed by atoms with van der Waals surface area (Å²) in [5, 5.41) is 4.52. The van der Waals surface area contributed by atoms with Crippen molar-refractivity contribution in [3.8, 4) is 11.1 Å². The third-order valence-corrected chi connectivity index (χ3v) is 3.65. The number of aryl methyl sites for hydroxylation is 2. The van der Waals surface area contributed by atoms with Crippen LogP contribution in [0.2, 0.25) is 5.02 Å². The molecular weight excluding hydrogens is 302 g/mol. The van der Waals surface area contributed by atoms with Crippen molar-refractivity contribution >= 4 is 11.6 Å². The van der Waals surface area contributed by atoms with E-state index in [1.54, 1.807) is 35.2 Å². The second-order valence-electron chi connectivity index (χ2n) is 5.05. The Bertz CT molecular complexity index is 846. The first-order valence-corrected chi connectivity index (χ1v) is 7.16. The molecule has 0 bridgehead atoms. The minimum Gasteiger partial charge on any atom is -0.361 e. The molecule has 0 unspecified atom stereocenters. The fraction of sp³-hybridized carbons (Fsp3) is 0.188. The Morgan fingerprint density at radius 3 is 2.68 bits per heavy atom. The Morgan fingerprint density at radius 2 is 2.05 bits per heavy atom. The smallest absolute Gasteiger partial charge is 0.250 e. The number of rotatable bonds is 3. The molecule has 0 saturated heterocycles. The first-order valence-electron chi connectivity index (χ1n) is 6.79. The topological polar surface area (TPSA) is 60.9 Å². The van der Waals surface area contributed by atoms with E-state index in [0.717, 1.165) is 28.3 Å². The average molecular weight is 316 g/mol. The van der Waals surface area contributed by atoms with E-state index < -0.39 is 0 Å². The molecule has 0 aliphatic rings. The van der Waals surface area contributed by atoms with Gasteiger partial charge in [-0.25, -0.2) is 0 Å². The van der Waals surface area contributed by atoms with Crippen molar-refractivity contribution in [2.45, 2.75) is 20.4 Å². The Balaban J connectivity index is 2.00. The quantitative estimate of drug-likeness (QED) is 0.744. The second-order valence-corrected chi connectivity index (χ2v) is 5.49. The zero-order valence-electron chi connectivity index (χ0n) is 12.2. The average Bonchev–Trinajstić information content (AvgIpc) is 2.83. The Kier molecular flexibility index (Phi) is 3.81. The van der Waals surface area contributed by atoms with Crippen molar-refractivity contribution in [2.24, 2.45) is 0 Å². The lowest BCUT2D eigenvalue weighted by atomic mass is 10.1. The highest BCUT2D eigenvalue weighted by molar-refractivity contribution is 6.30. The van der Waals surface area contributed by atoms with E-state index in [9.17, 15) is 4.79 Å². The van der Waals surface area contributed by atoms with E-state index in [4.69, 9.17) is 16.1 Å². The summed E-state index contributed by atoms with van der Waals surface area (Å²) >= 11 is 5.83. The number of hydrogen-bond acceptors (Lipinski definition) is 4. The number of hydrogen-bond donors (Lipinski definition) is 0. The first-order chi connectivity index (χ1) is 10.5. The van der Waals surface area contributed by atoms with E-state index in [2.05, 4.69) is 10.1 Å². The van der Waals surface area contributed by atoms with Crippen molar-refractivity contribution in [1.29, 1.82) is 0 Å². The maximum absolute atomic E-state index is 12.1. The van der Waals surface area contributed by atoms with E-state index in [0.29, 0.717) is 11.6 Å². The van der Waals surface area contributed by atoms with Gasteiger partial charge < -0.3 is 9.09 Å². The lowest BCUT2D eigenvalue weighted by Crippen LogP contribution is -2.19. The fourth-order valence-electron chi connectivity index (χ4n) is 2.37. The van der Waals surface area contributed by atoms with Crippen LogP contribution in [-0.2, 0) is 6.54 Å². The normalized spacial score (nSPS) is 10.9. The monoisotopic (exact) mass is 315 g/mol. The number of nitrogens with zero attached hydrogens (tertiary/aromatic N) is 3. The van der Waals surface area contributed by atoms with Gasteiger partial charge in [-0.05, 0) is 32.0 Å². The standard InChI is InChI=1S/C16H14ClN3O2/c1-10-16(11(2)22-19-10)12-3-6-15(21)20(8-12)9-14-5-4-13(17)7-18-14/h3-8H,9H2,1-2H3. The summed E-state index contributed by atoms with van der Waals surface area (Å²) < 4.78 is 6.80. The van der Waals surface area contributed by atoms with Crippen molar-refractivity contribution in [1.82, 2.24) is 14.7 Å². The van der Waals surface area contributed by atoms with Crippen molar-refractivity contribution in [3.63, 3.8) is 0 Å². The summed E-state index contributed by atoms with van der Waals surface area (Å²) in [7, 11) is 0. The van der Waals surface area contributed by atoms with Gasteiger partial charge in [0.25, 0.3) is 5.56 Å². The maximum Gasteiger partial charge on any atom is 0.250 e. The van der Waals surface area contributed by atoms with Gasteiger partial charge >= 0.3 is 0 Å². The molecule has 0 atom stereocenters. The fourth-order valence-corrected chi connectivity index (χ4v) is 2.48. The SMILES string of the molecule is Cc1noc(C)c1-c1ccc(=O)n(Cc2ccc(Cl)cn2)c1. The molecule has 6 heteroatoms. The van der Waals surface area contributed by atoms with Crippen LogP contribution in [0.15, 0.2) is 46.0 Å². The predicted octanol–water partition coefficient (Wildman–Crippen LogP) is 3.22. The molecule has 0 saturated carbocycles. The maximum atomic E-state index is 12.1. The van der Waals surface area contributed by atoms with Crippen molar-refractivity contribution < 1.29 is 4.52 Å². The highest BCUT2D eigenvalue weighted by atomic mass is 35.5. The number of halogens is 1. The van der Waals surface area contributed by atoms with Gasteiger partial charge in [-0.15, -0.1) is 0 Å². The molecular formula is C16H14ClN3O2. The van der Waals surface area contributed by atoms with Gasteiger partial charge in [-0.3, -0.25) is 9.78 Å². The van der Waals surface area contributed by atoms with Crippen LogP contribution in [0.1, 0.15) is 17.1 Å². The van der Waals surface area contributed by atoms with Crippen LogP contribution in [0, 0.1) is 13.8 Å². The lowest BCUT2D eigenvalue weighted by molar-refractivity contribution is 0.393. The van der Waals surface area contributed by atoms with Gasteiger partial charge in [-0.2, -0.15) is 0 Å². The molecule has 112 valence electrons. The third-order valence-electron chi connectivity index (χ3n) is 3.43. The molecule has 0 aromatic carbocycles. The van der Waals surface area contributed by atoms with Crippen LogP contribution in [0.5, 0.6) is 0 Å². The molecule has 0 amide bonds. The molecule has 0 fully saturated rings. The molecule has 0 radical (unpaired) electrons. The van der Waals surface area contributed by atoms with Crippen LogP contribution in [0.4, 0.5) is 0 Å². The molecule has 0 N–H and O–H groups in total. The summed E-state index contributed by atoms with van der Waals surface area (Å²) in [5.74, 6) is 0.729. The molecule has 0 aliphatic carbocycles. The van der Waals surface area contributed by atoms with Gasteiger partial charge in [0.05, 0.1) is 23.0 Å². The van der Waals surface area contributed by atoms with Crippen LogP contribution < -0.4 is 5.56 Å². The van der Waals surface area contributed by atoms with Gasteiger partial charge in [0.15, 0.2) is 0 Å². The van der Waals surface area contributed by atoms with Crippen LogP contribution in [-0.4, -0.2) is 14.7 Å².